The first-order valence-electron chi connectivity index (χ1n) is 22.8. The number of nitrogens with one attached hydrogen (secondary N) is 4. The molecule has 3 heterocycles. The van der Waals surface area contributed by atoms with E-state index in [2.05, 4.69) is 52.0 Å². The molecule has 0 aliphatic rings. The lowest BCUT2D eigenvalue weighted by molar-refractivity contribution is 0.0519. The molecule has 0 spiro atoms. The Labute approximate surface area is 446 Å². The summed E-state index contributed by atoms with van der Waals surface area (Å²) in [5.74, 6) is -9.55. The van der Waals surface area contributed by atoms with E-state index in [1.807, 2.05) is 12.1 Å². The molecule has 416 valence electrons. The van der Waals surface area contributed by atoms with Crippen LogP contribution in [-0.4, -0.2) is 94.3 Å². The molecule has 0 saturated heterocycles. The van der Waals surface area contributed by atoms with Crippen molar-refractivity contribution in [2.24, 2.45) is 0 Å². The summed E-state index contributed by atoms with van der Waals surface area (Å²) in [5.41, 5.74) is 6.89. The zero-order valence-electron chi connectivity index (χ0n) is 41.7. The van der Waals surface area contributed by atoms with E-state index in [-0.39, 0.29) is 77.0 Å². The number of nitrogens with zero attached hydrogens (tertiary/aromatic N) is 8. The average molecular weight is 1120 g/mol. The minimum atomic E-state index is -1.30. The predicted octanol–water partition coefficient (Wildman–Crippen LogP) is 9.66. The first-order valence-corrected chi connectivity index (χ1v) is 22.8. The number of hydrogen-bond acceptors (Lipinski definition) is 16. The number of carboxylic acid groups (broad SMARTS) is 2. The largest absolute Gasteiger partial charge is 0.497 e. The van der Waals surface area contributed by atoms with E-state index in [1.54, 1.807) is 57.5 Å². The molecule has 9 rings (SSSR count). The van der Waals surface area contributed by atoms with Gasteiger partial charge in [0.1, 0.15) is 11.5 Å². The van der Waals surface area contributed by atoms with Crippen molar-refractivity contribution in [2.45, 2.75) is 20.0 Å². The van der Waals surface area contributed by atoms with E-state index < -0.39 is 64.4 Å². The number of anilines is 7. The lowest BCUT2D eigenvalue weighted by Crippen LogP contribution is -2.11. The van der Waals surface area contributed by atoms with Gasteiger partial charge >= 0.3 is 17.9 Å². The number of halogens is 8. The molecule has 0 atom stereocenters. The fraction of sp³-hybridized carbons (Fsp3) is 0.118. The lowest BCUT2D eigenvalue weighted by Gasteiger charge is -2.11. The molecule has 6 aromatic carbocycles. The number of aromatic amines is 1. The number of carbonyl (C=O) groups excluding carboxylic acids is 1. The molecule has 80 heavy (non-hydrogen) atoms. The van der Waals surface area contributed by atoms with Crippen LogP contribution in [0.15, 0.2) is 121 Å². The van der Waals surface area contributed by atoms with Gasteiger partial charge in [-0.3, -0.25) is 0 Å². The molecular formula is C51H43F8N13O8. The summed E-state index contributed by atoms with van der Waals surface area (Å²) in [6.07, 6.45) is 0. The Bertz CT molecular complexity index is 3590. The minimum absolute atomic E-state index is 0.0549. The number of aromatic carboxylic acids is 2. The summed E-state index contributed by atoms with van der Waals surface area (Å²) < 4.78 is 121. The predicted molar refractivity (Wildman–Crippen MR) is 270 cm³/mol. The zero-order valence-corrected chi connectivity index (χ0v) is 41.7. The standard InChI is InChI=1S/C19H18F2N4O3.C17H14F2N4O3.C9H6F2N4O2.C6H5F2N/c1-3-28-19(26)17-18(22-13-6-9-15(20)16(21)10-13)25(24-23-17)11-12-4-7-14(27-2)8-5-12;1-26-12-5-2-10(3-6-12)9-23-16(15(17(24)25)21-22-23)20-11-4-7-13(18)14(19)8-11;10-5-2-1-4(3-6(5)11)12-8-7(9(16)17)13-15-14-8;7-5-2-1-4(9)3-6(5)8/h4-10,22H,3,11H2,1-2H3;2-8,20H,9H2,1H3,(H,24,25);1-3H,(H,16,17)(H2,12,13,14,15);1-3H,9H2. The molecule has 0 aliphatic carbocycles. The van der Waals surface area contributed by atoms with Gasteiger partial charge in [-0.2, -0.15) is 5.21 Å². The monoisotopic (exact) mass is 1120 g/mol. The Balaban J connectivity index is 0.000000183. The normalized spacial score (nSPS) is 10.4. The zero-order chi connectivity index (χ0) is 58.0. The second-order valence-corrected chi connectivity index (χ2v) is 15.9. The highest BCUT2D eigenvalue weighted by Gasteiger charge is 2.23. The van der Waals surface area contributed by atoms with Gasteiger partial charge in [0, 0.05) is 40.9 Å². The molecule has 0 saturated carbocycles. The quantitative estimate of drug-likeness (QED) is 0.0269. The molecule has 0 aliphatic heterocycles. The lowest BCUT2D eigenvalue weighted by atomic mass is 10.2. The number of nitrogens with two attached hydrogens (primary N) is 1. The van der Waals surface area contributed by atoms with Crippen molar-refractivity contribution in [3.05, 3.63) is 196 Å². The van der Waals surface area contributed by atoms with Crippen LogP contribution in [-0.2, 0) is 17.8 Å². The smallest absolute Gasteiger partial charge is 0.362 e. The van der Waals surface area contributed by atoms with Crippen molar-refractivity contribution in [2.75, 3.05) is 42.5 Å². The highest BCUT2D eigenvalue weighted by Crippen LogP contribution is 2.26. The molecule has 0 fully saturated rings. The highest BCUT2D eigenvalue weighted by molar-refractivity contribution is 5.94. The average Bonchev–Trinajstić information content (AvgIpc) is 4.19. The first kappa shape index (κ1) is 58.6. The Hall–Kier alpha value is -10.6. The number of ether oxygens (including phenoxy) is 3. The number of rotatable bonds is 16. The van der Waals surface area contributed by atoms with Crippen LogP contribution in [0.1, 0.15) is 49.5 Å². The number of benzene rings is 6. The number of methoxy groups -OCH3 is 2. The number of carboxylic acids is 2. The second-order valence-electron chi connectivity index (χ2n) is 15.9. The van der Waals surface area contributed by atoms with Gasteiger partial charge in [0.25, 0.3) is 0 Å². The van der Waals surface area contributed by atoms with Crippen LogP contribution < -0.4 is 31.2 Å². The van der Waals surface area contributed by atoms with Gasteiger partial charge in [-0.05, 0) is 96.9 Å². The van der Waals surface area contributed by atoms with E-state index in [0.29, 0.717) is 11.5 Å². The molecule has 8 N–H and O–H groups in total. The van der Waals surface area contributed by atoms with Crippen molar-refractivity contribution in [1.82, 2.24) is 45.4 Å². The second kappa shape index (κ2) is 27.4. The van der Waals surface area contributed by atoms with Crippen LogP contribution >= 0.6 is 0 Å². The van der Waals surface area contributed by atoms with Gasteiger partial charge < -0.3 is 46.1 Å². The summed E-state index contributed by atoms with van der Waals surface area (Å²) in [6.45, 7) is 2.33. The number of esters is 1. The fourth-order valence-electron chi connectivity index (χ4n) is 6.50. The van der Waals surface area contributed by atoms with E-state index >= 15 is 0 Å². The Morgan fingerprint density at radius 3 is 1.31 bits per heavy atom. The maximum absolute atomic E-state index is 13.6. The SMILES string of the molecule is CCOC(=O)c1nnn(Cc2ccc(OC)cc2)c1Nc1ccc(F)c(F)c1.COc1ccc(Cn2nnc(C(=O)O)c2Nc2ccc(F)c(F)c2)cc1.Nc1ccc(F)c(F)c1.O=C(O)c1n[nH]nc1Nc1ccc(F)c(F)c1. The highest BCUT2D eigenvalue weighted by atomic mass is 19.2. The van der Waals surface area contributed by atoms with E-state index in [0.717, 1.165) is 59.7 Å². The number of H-pyrrole nitrogens is 1. The van der Waals surface area contributed by atoms with Crippen LogP contribution in [0.3, 0.4) is 0 Å². The van der Waals surface area contributed by atoms with Crippen LogP contribution in [0, 0.1) is 46.5 Å². The van der Waals surface area contributed by atoms with Crippen LogP contribution in [0.4, 0.5) is 75.3 Å². The third-order valence-electron chi connectivity index (χ3n) is 10.4. The van der Waals surface area contributed by atoms with Gasteiger partial charge in [0.15, 0.2) is 64.0 Å². The third kappa shape index (κ3) is 16.0. The molecule has 0 radical (unpaired) electrons. The van der Waals surface area contributed by atoms with Gasteiger partial charge in [0.2, 0.25) is 17.1 Å². The topological polar surface area (TPSA) is 284 Å². The number of hydrogen-bond donors (Lipinski definition) is 7. The molecule has 0 bridgehead atoms. The Morgan fingerprint density at radius 1 is 0.525 bits per heavy atom. The van der Waals surface area contributed by atoms with E-state index in [1.165, 1.54) is 33.6 Å². The summed E-state index contributed by atoms with van der Waals surface area (Å²) in [6, 6.07) is 27.1. The van der Waals surface area contributed by atoms with Crippen LogP contribution in [0.5, 0.6) is 11.5 Å². The molecule has 9 aromatic rings. The van der Waals surface area contributed by atoms with Crippen molar-refractivity contribution in [3.8, 4) is 11.5 Å². The fourth-order valence-corrected chi connectivity index (χ4v) is 6.50. The van der Waals surface area contributed by atoms with Crippen molar-refractivity contribution in [1.29, 1.82) is 0 Å². The van der Waals surface area contributed by atoms with Gasteiger partial charge in [0.05, 0.1) is 33.9 Å². The van der Waals surface area contributed by atoms with Gasteiger partial charge in [-0.15, -0.1) is 20.4 Å². The Kier molecular flexibility index (Phi) is 20.1. The summed E-state index contributed by atoms with van der Waals surface area (Å²) in [5, 5.41) is 50.5. The van der Waals surface area contributed by atoms with Crippen molar-refractivity contribution in [3.63, 3.8) is 0 Å². The van der Waals surface area contributed by atoms with E-state index in [4.69, 9.17) is 25.1 Å². The molecular weight excluding hydrogens is 1070 g/mol. The van der Waals surface area contributed by atoms with E-state index in [9.17, 15) is 54.6 Å². The number of nitrogen functional groups attached to an aromatic ring is 1. The minimum Gasteiger partial charge on any atom is -0.497 e. The van der Waals surface area contributed by atoms with Crippen molar-refractivity contribution < 1.29 is 73.9 Å². The summed E-state index contributed by atoms with van der Waals surface area (Å²) in [7, 11) is 3.12. The molecule has 21 nitrogen and oxygen atoms in total. The van der Waals surface area contributed by atoms with Gasteiger partial charge in [-0.25, -0.2) is 58.9 Å². The maximum atomic E-state index is 13.6. The van der Waals surface area contributed by atoms with Crippen LogP contribution in [0.25, 0.3) is 0 Å². The molecule has 3 aromatic heterocycles. The Morgan fingerprint density at radius 2 is 0.925 bits per heavy atom. The van der Waals surface area contributed by atoms with Crippen LogP contribution in [0.2, 0.25) is 0 Å². The summed E-state index contributed by atoms with van der Waals surface area (Å²) in [4.78, 5) is 34.3. The number of carbonyl (C=O) groups is 3. The summed E-state index contributed by atoms with van der Waals surface area (Å²) >= 11 is 0. The third-order valence-corrected chi connectivity index (χ3v) is 10.4. The van der Waals surface area contributed by atoms with Crippen molar-refractivity contribution >= 4 is 58.1 Å². The molecule has 0 amide bonds. The number of aromatic nitrogens is 9. The maximum Gasteiger partial charge on any atom is 0.362 e. The first-order chi connectivity index (χ1) is 38.3. The molecule has 29 heteroatoms. The molecule has 0 unspecified atom stereocenters. The van der Waals surface area contributed by atoms with Gasteiger partial charge in [-0.1, -0.05) is 34.7 Å².